The van der Waals surface area contributed by atoms with Gasteiger partial charge in [0.2, 0.25) is 0 Å². The molecule has 128 valence electrons. The highest BCUT2D eigenvalue weighted by molar-refractivity contribution is 6.26. The molecule has 0 aromatic heterocycles. The summed E-state index contributed by atoms with van der Waals surface area (Å²) in [7, 11) is 0. The van der Waals surface area contributed by atoms with Crippen molar-refractivity contribution in [3.05, 3.63) is 53.6 Å². The maximum atomic E-state index is 12.3. The summed E-state index contributed by atoms with van der Waals surface area (Å²) in [4.78, 5) is 16.6. The molecule has 2 N–H and O–H groups in total. The standard InChI is InChI=1S/C18H17ClN4O2/c19-23-8-7-20-17(23)13-2-1-3-14(11-13)21-18(24)22-15-4-5-16-12(10-15)6-9-25-16/h1-5,10-11H,6-9H2,(H2,21,22,24). The minimum Gasteiger partial charge on any atom is -0.493 e. The van der Waals surface area contributed by atoms with E-state index in [2.05, 4.69) is 15.6 Å². The number of hydrogen-bond acceptors (Lipinski definition) is 4. The Labute approximate surface area is 150 Å². The van der Waals surface area contributed by atoms with Crippen LogP contribution < -0.4 is 15.4 Å². The summed E-state index contributed by atoms with van der Waals surface area (Å²) in [5.41, 5.74) is 3.41. The molecule has 0 saturated carbocycles. The Morgan fingerprint density at radius 3 is 2.80 bits per heavy atom. The van der Waals surface area contributed by atoms with Crippen LogP contribution >= 0.6 is 11.8 Å². The average molecular weight is 357 g/mol. The third-order valence-electron chi connectivity index (χ3n) is 4.11. The van der Waals surface area contributed by atoms with Crippen molar-refractivity contribution in [2.75, 3.05) is 30.3 Å². The molecule has 7 heteroatoms. The van der Waals surface area contributed by atoms with Gasteiger partial charge < -0.3 is 15.4 Å². The van der Waals surface area contributed by atoms with Crippen molar-refractivity contribution in [1.29, 1.82) is 0 Å². The Kier molecular flexibility index (Phi) is 4.19. The number of urea groups is 1. The minimum atomic E-state index is -0.299. The molecule has 2 amide bonds. The number of anilines is 2. The molecule has 25 heavy (non-hydrogen) atoms. The van der Waals surface area contributed by atoms with Crippen molar-refractivity contribution < 1.29 is 9.53 Å². The van der Waals surface area contributed by atoms with Gasteiger partial charge in [-0.05, 0) is 35.9 Å². The fraction of sp³-hybridized carbons (Fsp3) is 0.222. The van der Waals surface area contributed by atoms with E-state index < -0.39 is 0 Å². The summed E-state index contributed by atoms with van der Waals surface area (Å²) < 4.78 is 7.06. The van der Waals surface area contributed by atoms with Gasteiger partial charge >= 0.3 is 6.03 Å². The number of amides is 2. The zero-order valence-corrected chi connectivity index (χ0v) is 14.2. The van der Waals surface area contributed by atoms with Crippen LogP contribution in [0.1, 0.15) is 11.1 Å². The molecule has 0 unspecified atom stereocenters. The van der Waals surface area contributed by atoms with Gasteiger partial charge in [0.05, 0.1) is 19.7 Å². The van der Waals surface area contributed by atoms with E-state index in [1.165, 1.54) is 0 Å². The zero-order chi connectivity index (χ0) is 17.2. The fourth-order valence-corrected chi connectivity index (χ4v) is 3.18. The first-order valence-corrected chi connectivity index (χ1v) is 8.45. The molecule has 0 fully saturated rings. The number of halogens is 1. The summed E-state index contributed by atoms with van der Waals surface area (Å²) >= 11 is 6.12. The lowest BCUT2D eigenvalue weighted by molar-refractivity contribution is 0.262. The number of aliphatic imine (C=N–C) groups is 1. The number of hydrogen-bond donors (Lipinski definition) is 2. The lowest BCUT2D eigenvalue weighted by Gasteiger charge is -2.12. The molecule has 0 saturated heterocycles. The third-order valence-corrected chi connectivity index (χ3v) is 4.44. The molecule has 2 aliphatic heterocycles. The van der Waals surface area contributed by atoms with Gasteiger partial charge in [0.1, 0.15) is 11.6 Å². The molecule has 2 aliphatic rings. The van der Waals surface area contributed by atoms with E-state index in [9.17, 15) is 4.79 Å². The number of carbonyl (C=O) groups excluding carboxylic acids is 1. The number of fused-ring (bicyclic) bond motifs is 1. The number of nitrogens with zero attached hydrogens (tertiary/aromatic N) is 2. The Morgan fingerprint density at radius 2 is 2.00 bits per heavy atom. The molecule has 0 radical (unpaired) electrons. The van der Waals surface area contributed by atoms with E-state index in [-0.39, 0.29) is 6.03 Å². The van der Waals surface area contributed by atoms with Gasteiger partial charge in [-0.2, -0.15) is 0 Å². The van der Waals surface area contributed by atoms with Crippen LogP contribution in [-0.2, 0) is 6.42 Å². The van der Waals surface area contributed by atoms with Gasteiger partial charge in [-0.25, -0.2) is 4.79 Å². The lowest BCUT2D eigenvalue weighted by atomic mass is 10.1. The smallest absolute Gasteiger partial charge is 0.323 e. The SMILES string of the molecule is O=C(Nc1cccc(C2=NCCN2Cl)c1)Nc1ccc2c(c1)CCO2. The average Bonchev–Trinajstić information content (AvgIpc) is 3.23. The van der Waals surface area contributed by atoms with Gasteiger partial charge in [-0.15, -0.1) is 0 Å². The van der Waals surface area contributed by atoms with Crippen LogP contribution in [0.2, 0.25) is 0 Å². The van der Waals surface area contributed by atoms with E-state index >= 15 is 0 Å². The molecule has 0 bridgehead atoms. The van der Waals surface area contributed by atoms with Crippen molar-refractivity contribution in [3.8, 4) is 5.75 Å². The van der Waals surface area contributed by atoms with Gasteiger partial charge in [-0.3, -0.25) is 9.41 Å². The normalized spacial score (nSPS) is 15.4. The number of benzene rings is 2. The number of carbonyl (C=O) groups is 1. The molecule has 0 atom stereocenters. The molecule has 2 aromatic rings. The molecule has 0 spiro atoms. The molecule has 2 aromatic carbocycles. The third kappa shape index (κ3) is 3.39. The van der Waals surface area contributed by atoms with Gasteiger partial charge in [0, 0.05) is 35.1 Å². The topological polar surface area (TPSA) is 66.0 Å². The van der Waals surface area contributed by atoms with E-state index in [1.807, 2.05) is 42.5 Å². The van der Waals surface area contributed by atoms with Crippen LogP contribution in [0, 0.1) is 0 Å². The van der Waals surface area contributed by atoms with Crippen molar-refractivity contribution in [1.82, 2.24) is 4.42 Å². The second kappa shape index (κ2) is 6.64. The number of rotatable bonds is 3. The molecule has 0 aliphatic carbocycles. The molecular formula is C18H17ClN4O2. The lowest BCUT2D eigenvalue weighted by Crippen LogP contribution is -2.21. The van der Waals surface area contributed by atoms with E-state index in [4.69, 9.17) is 16.5 Å². The molecular weight excluding hydrogens is 340 g/mol. The van der Waals surface area contributed by atoms with Crippen molar-refractivity contribution in [3.63, 3.8) is 0 Å². The Balaban J connectivity index is 1.44. The summed E-state index contributed by atoms with van der Waals surface area (Å²) in [5, 5.41) is 5.68. The number of ether oxygens (including phenoxy) is 1. The number of nitrogens with one attached hydrogen (secondary N) is 2. The van der Waals surface area contributed by atoms with Gasteiger partial charge in [-0.1, -0.05) is 12.1 Å². The zero-order valence-electron chi connectivity index (χ0n) is 13.5. The first kappa shape index (κ1) is 15.8. The summed E-state index contributed by atoms with van der Waals surface area (Å²) in [5.74, 6) is 1.62. The van der Waals surface area contributed by atoms with Crippen LogP contribution in [0.4, 0.5) is 16.2 Å². The monoisotopic (exact) mass is 356 g/mol. The quantitative estimate of drug-likeness (QED) is 0.827. The highest BCUT2D eigenvalue weighted by Gasteiger charge is 2.17. The predicted octanol–water partition coefficient (Wildman–Crippen LogP) is 3.48. The Hall–Kier alpha value is -2.73. The van der Waals surface area contributed by atoms with Crippen LogP contribution in [-0.4, -0.2) is 36.0 Å². The highest BCUT2D eigenvalue weighted by Crippen LogP contribution is 2.28. The summed E-state index contributed by atoms with van der Waals surface area (Å²) in [6.45, 7) is 2.06. The van der Waals surface area contributed by atoms with Crippen molar-refractivity contribution in [2.24, 2.45) is 4.99 Å². The molecule has 6 nitrogen and oxygen atoms in total. The van der Waals surface area contributed by atoms with Gasteiger partial charge in [0.25, 0.3) is 0 Å². The molecule has 4 rings (SSSR count). The molecule has 2 heterocycles. The van der Waals surface area contributed by atoms with Crippen LogP contribution in [0.5, 0.6) is 5.75 Å². The first-order valence-electron chi connectivity index (χ1n) is 8.11. The first-order chi connectivity index (χ1) is 12.2. The summed E-state index contributed by atoms with van der Waals surface area (Å²) in [6.07, 6.45) is 0.867. The van der Waals surface area contributed by atoms with Crippen molar-refractivity contribution in [2.45, 2.75) is 6.42 Å². The second-order valence-electron chi connectivity index (χ2n) is 5.87. The Morgan fingerprint density at radius 1 is 1.16 bits per heavy atom. The Bertz CT molecular complexity index is 853. The minimum absolute atomic E-state index is 0.299. The van der Waals surface area contributed by atoms with Gasteiger partial charge in [0.15, 0.2) is 0 Å². The second-order valence-corrected chi connectivity index (χ2v) is 6.28. The maximum Gasteiger partial charge on any atom is 0.323 e. The maximum absolute atomic E-state index is 12.3. The van der Waals surface area contributed by atoms with Crippen LogP contribution in [0.3, 0.4) is 0 Å². The van der Waals surface area contributed by atoms with Crippen molar-refractivity contribution >= 4 is 35.0 Å². The van der Waals surface area contributed by atoms with E-state index in [0.29, 0.717) is 25.4 Å². The van der Waals surface area contributed by atoms with Crippen LogP contribution in [0.25, 0.3) is 0 Å². The fourth-order valence-electron chi connectivity index (χ4n) is 2.95. The highest BCUT2D eigenvalue weighted by atomic mass is 35.5. The summed E-state index contributed by atoms with van der Waals surface area (Å²) in [6, 6.07) is 12.8. The largest absolute Gasteiger partial charge is 0.493 e. The van der Waals surface area contributed by atoms with E-state index in [1.54, 1.807) is 4.42 Å². The predicted molar refractivity (Wildman–Crippen MR) is 98.7 cm³/mol. The van der Waals surface area contributed by atoms with E-state index in [0.717, 1.165) is 34.8 Å². The van der Waals surface area contributed by atoms with Crippen LogP contribution in [0.15, 0.2) is 47.5 Å². The number of amidine groups is 1.